The highest BCUT2D eigenvalue weighted by Crippen LogP contribution is 1.64. The molecule has 0 aliphatic heterocycles. The van der Waals surface area contributed by atoms with E-state index in [9.17, 15) is 0 Å². The highest BCUT2D eigenvalue weighted by Gasteiger charge is 1.79. The Hall–Kier alpha value is -0.120. The third-order valence-corrected chi connectivity index (χ3v) is 0.333. The lowest BCUT2D eigenvalue weighted by Gasteiger charge is -2.04. The normalized spacial score (nSPS) is 10.0. The summed E-state index contributed by atoms with van der Waals surface area (Å²) in [6.07, 6.45) is 0. The van der Waals surface area contributed by atoms with E-state index in [1.807, 2.05) is 0 Å². The molecule has 0 saturated heterocycles. The third kappa shape index (κ3) is 3.88. The Balaban J connectivity index is 2.63. The predicted octanol–water partition coefficient (Wildman–Crippen LogP) is -0.604. The van der Waals surface area contributed by atoms with Gasteiger partial charge in [-0.1, -0.05) is 0 Å². The van der Waals surface area contributed by atoms with Crippen LogP contribution in [-0.4, -0.2) is 25.9 Å². The third-order valence-electron chi connectivity index (χ3n) is 0.333. The van der Waals surface area contributed by atoms with Crippen LogP contribution in [0, 0.1) is 0 Å². The molecule has 0 atom stereocenters. The standard InChI is InChI=1S/C3H10N2O/c1-5(4)3-6-2/h3-4H2,1-2H3. The van der Waals surface area contributed by atoms with Gasteiger partial charge in [-0.15, -0.1) is 0 Å². The van der Waals surface area contributed by atoms with Gasteiger partial charge in [0.2, 0.25) is 0 Å². The van der Waals surface area contributed by atoms with Gasteiger partial charge in [-0.05, 0) is 0 Å². The van der Waals surface area contributed by atoms with Crippen LogP contribution in [0.3, 0.4) is 0 Å². The lowest BCUT2D eigenvalue weighted by molar-refractivity contribution is 0.0823. The molecule has 0 bridgehead atoms. The van der Waals surface area contributed by atoms with E-state index in [0.29, 0.717) is 6.73 Å². The number of hydrogen-bond donors (Lipinski definition) is 1. The maximum Gasteiger partial charge on any atom is 0.111 e. The van der Waals surface area contributed by atoms with Gasteiger partial charge in [-0.2, -0.15) is 0 Å². The summed E-state index contributed by atoms with van der Waals surface area (Å²) in [7, 11) is 3.34. The fourth-order valence-corrected chi connectivity index (χ4v) is 0.204. The van der Waals surface area contributed by atoms with Crippen LogP contribution in [-0.2, 0) is 4.74 Å². The fraction of sp³-hybridized carbons (Fsp3) is 1.00. The van der Waals surface area contributed by atoms with E-state index in [1.165, 1.54) is 5.01 Å². The minimum absolute atomic E-state index is 0.486. The molecular weight excluding hydrogens is 80.0 g/mol. The Morgan fingerprint density at radius 1 is 1.83 bits per heavy atom. The zero-order valence-electron chi connectivity index (χ0n) is 4.14. The quantitative estimate of drug-likeness (QED) is 0.279. The first-order chi connectivity index (χ1) is 2.77. The molecule has 0 aromatic rings. The fourth-order valence-electron chi connectivity index (χ4n) is 0.204. The summed E-state index contributed by atoms with van der Waals surface area (Å²) in [6.45, 7) is 0.486. The summed E-state index contributed by atoms with van der Waals surface area (Å²) in [6, 6.07) is 0. The van der Waals surface area contributed by atoms with E-state index in [-0.39, 0.29) is 0 Å². The van der Waals surface area contributed by atoms with Crippen molar-refractivity contribution in [3.8, 4) is 0 Å². The monoisotopic (exact) mass is 90.1 g/mol. The topological polar surface area (TPSA) is 38.5 Å². The van der Waals surface area contributed by atoms with Crippen LogP contribution in [0.5, 0.6) is 0 Å². The highest BCUT2D eigenvalue weighted by molar-refractivity contribution is 4.14. The molecule has 0 spiro atoms. The molecule has 3 nitrogen and oxygen atoms in total. The van der Waals surface area contributed by atoms with Crippen molar-refractivity contribution >= 4 is 0 Å². The Labute approximate surface area is 37.7 Å². The van der Waals surface area contributed by atoms with Crippen molar-refractivity contribution in [2.45, 2.75) is 0 Å². The smallest absolute Gasteiger partial charge is 0.111 e. The van der Waals surface area contributed by atoms with E-state index in [2.05, 4.69) is 4.74 Å². The van der Waals surface area contributed by atoms with Gasteiger partial charge in [0.25, 0.3) is 0 Å². The minimum Gasteiger partial charge on any atom is -0.368 e. The summed E-state index contributed by atoms with van der Waals surface area (Å²) < 4.78 is 4.60. The molecular formula is C3H10N2O. The summed E-state index contributed by atoms with van der Waals surface area (Å²) in [5, 5.41) is 1.46. The maximum absolute atomic E-state index is 5.11. The molecule has 2 N–H and O–H groups in total. The first kappa shape index (κ1) is 5.88. The summed E-state index contributed by atoms with van der Waals surface area (Å²) in [5.41, 5.74) is 0. The molecule has 0 heterocycles. The van der Waals surface area contributed by atoms with Crippen LogP contribution in [0.1, 0.15) is 0 Å². The van der Waals surface area contributed by atoms with Gasteiger partial charge in [0.05, 0.1) is 0 Å². The van der Waals surface area contributed by atoms with E-state index < -0.39 is 0 Å². The van der Waals surface area contributed by atoms with Gasteiger partial charge in [0.1, 0.15) is 6.73 Å². The van der Waals surface area contributed by atoms with Gasteiger partial charge in [0.15, 0.2) is 0 Å². The van der Waals surface area contributed by atoms with Crippen LogP contribution in [0.4, 0.5) is 0 Å². The van der Waals surface area contributed by atoms with Crippen molar-refractivity contribution in [2.24, 2.45) is 5.84 Å². The average Bonchev–Trinajstić information content (AvgIpc) is 1.35. The van der Waals surface area contributed by atoms with Gasteiger partial charge in [-0.25, -0.2) is 5.01 Å². The van der Waals surface area contributed by atoms with Gasteiger partial charge in [0, 0.05) is 14.2 Å². The van der Waals surface area contributed by atoms with Crippen molar-refractivity contribution in [3.05, 3.63) is 0 Å². The molecule has 0 rings (SSSR count). The largest absolute Gasteiger partial charge is 0.368 e. The molecule has 3 heteroatoms. The first-order valence-electron chi connectivity index (χ1n) is 1.72. The molecule has 6 heavy (non-hydrogen) atoms. The number of ether oxygens (including phenoxy) is 1. The second-order valence-electron chi connectivity index (χ2n) is 1.17. The van der Waals surface area contributed by atoms with Gasteiger partial charge < -0.3 is 4.74 Å². The number of methoxy groups -OCH3 is 1. The molecule has 0 aliphatic carbocycles. The van der Waals surface area contributed by atoms with Crippen molar-refractivity contribution in [1.82, 2.24) is 5.01 Å². The van der Waals surface area contributed by atoms with E-state index in [0.717, 1.165) is 0 Å². The predicted molar refractivity (Wildman–Crippen MR) is 23.8 cm³/mol. The Morgan fingerprint density at radius 3 is 2.33 bits per heavy atom. The van der Waals surface area contributed by atoms with Crippen LogP contribution in [0.15, 0.2) is 0 Å². The summed E-state index contributed by atoms with van der Waals surface area (Å²) >= 11 is 0. The molecule has 0 aromatic heterocycles. The summed E-state index contributed by atoms with van der Waals surface area (Å²) in [4.78, 5) is 0. The molecule has 0 radical (unpaired) electrons. The second-order valence-corrected chi connectivity index (χ2v) is 1.17. The molecule has 38 valence electrons. The Kier molecular flexibility index (Phi) is 3.02. The van der Waals surface area contributed by atoms with Crippen molar-refractivity contribution < 1.29 is 4.74 Å². The lowest BCUT2D eigenvalue weighted by atomic mass is 11.1. The van der Waals surface area contributed by atoms with Crippen LogP contribution in [0.25, 0.3) is 0 Å². The molecule has 0 aromatic carbocycles. The van der Waals surface area contributed by atoms with E-state index >= 15 is 0 Å². The molecule has 0 unspecified atom stereocenters. The average molecular weight is 90.1 g/mol. The van der Waals surface area contributed by atoms with Gasteiger partial charge in [-0.3, -0.25) is 5.84 Å². The van der Waals surface area contributed by atoms with Gasteiger partial charge >= 0.3 is 0 Å². The molecule has 0 saturated carbocycles. The SMILES string of the molecule is COCN(C)N. The number of hydrazine groups is 1. The molecule has 0 fully saturated rings. The lowest BCUT2D eigenvalue weighted by Crippen LogP contribution is -2.27. The van der Waals surface area contributed by atoms with Crippen LogP contribution in [0.2, 0.25) is 0 Å². The van der Waals surface area contributed by atoms with Crippen LogP contribution >= 0.6 is 0 Å². The second kappa shape index (κ2) is 3.08. The Bertz CT molecular complexity index is 30.0. The zero-order chi connectivity index (χ0) is 4.99. The molecule has 0 amide bonds. The number of nitrogens with two attached hydrogens (primary N) is 1. The Morgan fingerprint density at radius 2 is 2.33 bits per heavy atom. The number of nitrogens with zero attached hydrogens (tertiary/aromatic N) is 1. The summed E-state index contributed by atoms with van der Waals surface area (Å²) in [5.74, 6) is 5.11. The van der Waals surface area contributed by atoms with Crippen LogP contribution < -0.4 is 5.84 Å². The van der Waals surface area contributed by atoms with E-state index in [4.69, 9.17) is 5.84 Å². The van der Waals surface area contributed by atoms with Crippen molar-refractivity contribution in [1.29, 1.82) is 0 Å². The molecule has 0 aliphatic rings. The number of rotatable bonds is 2. The minimum atomic E-state index is 0.486. The van der Waals surface area contributed by atoms with Crippen molar-refractivity contribution in [2.75, 3.05) is 20.9 Å². The van der Waals surface area contributed by atoms with Crippen molar-refractivity contribution in [3.63, 3.8) is 0 Å². The highest BCUT2D eigenvalue weighted by atomic mass is 16.5. The van der Waals surface area contributed by atoms with E-state index in [1.54, 1.807) is 14.2 Å². The zero-order valence-corrected chi connectivity index (χ0v) is 4.14. The maximum atomic E-state index is 5.11. The number of hydrogen-bond acceptors (Lipinski definition) is 3. The first-order valence-corrected chi connectivity index (χ1v) is 1.72.